The van der Waals surface area contributed by atoms with Crippen molar-refractivity contribution in [2.75, 3.05) is 11.9 Å². The molecule has 1 saturated heterocycles. The quantitative estimate of drug-likeness (QED) is 0.243. The highest BCUT2D eigenvalue weighted by molar-refractivity contribution is 9.10. The van der Waals surface area contributed by atoms with Crippen LogP contribution in [0.15, 0.2) is 56.8 Å². The lowest BCUT2D eigenvalue weighted by Gasteiger charge is -2.43. The Balaban J connectivity index is 1.22. The molecule has 3 amide bonds. The smallest absolute Gasteiger partial charge is 0.418 e. The zero-order valence-electron chi connectivity index (χ0n) is 25.8. The van der Waals surface area contributed by atoms with E-state index < -0.39 is 77.4 Å². The van der Waals surface area contributed by atoms with Crippen LogP contribution >= 0.6 is 39.0 Å². The van der Waals surface area contributed by atoms with Gasteiger partial charge in [0.15, 0.2) is 6.61 Å². The molecule has 7 rings (SSSR count). The number of nitrogens with one attached hydrogen (secondary N) is 2. The summed E-state index contributed by atoms with van der Waals surface area (Å²) in [6.45, 7) is 2.70. The number of aromatic amines is 1. The fourth-order valence-electron chi connectivity index (χ4n) is 8.42. The van der Waals surface area contributed by atoms with Gasteiger partial charge in [0.2, 0.25) is 11.8 Å². The summed E-state index contributed by atoms with van der Waals surface area (Å²) in [7, 11) is 0. The second-order valence-corrected chi connectivity index (χ2v) is 16.2. The van der Waals surface area contributed by atoms with Crippen LogP contribution in [0.25, 0.3) is 0 Å². The lowest BCUT2D eigenvalue weighted by atomic mass is 9.68. The van der Waals surface area contributed by atoms with Crippen LogP contribution in [0.4, 0.5) is 18.9 Å². The molecule has 4 aliphatic rings. The predicted octanol–water partition coefficient (Wildman–Crippen LogP) is 5.82. The number of likely N-dealkylation sites (tertiary alicyclic amines) is 1. The first kappa shape index (κ1) is 33.8. The van der Waals surface area contributed by atoms with Crippen molar-refractivity contribution < 1.29 is 42.2 Å². The van der Waals surface area contributed by atoms with Gasteiger partial charge in [-0.1, -0.05) is 53.2 Å². The van der Waals surface area contributed by atoms with Gasteiger partial charge in [-0.05, 0) is 60.4 Å². The number of nitrogens with zero attached hydrogens (tertiary/aromatic N) is 1. The molecule has 2 aliphatic heterocycles. The lowest BCUT2D eigenvalue weighted by Crippen LogP contribution is -2.49. The Bertz CT molecular complexity index is 1950. The maximum Gasteiger partial charge on any atom is 0.418 e. The molecule has 2 aromatic carbocycles. The van der Waals surface area contributed by atoms with E-state index in [1.165, 1.54) is 23.9 Å². The van der Waals surface area contributed by atoms with Crippen molar-refractivity contribution in [1.29, 1.82) is 0 Å². The molecule has 10 nitrogen and oxygen atoms in total. The van der Waals surface area contributed by atoms with Crippen LogP contribution in [0, 0.1) is 35.5 Å². The molecule has 2 bridgehead atoms. The number of fused-ring (bicyclic) bond motifs is 9. The minimum atomic E-state index is -4.68. The minimum absolute atomic E-state index is 0.193. The molecule has 7 unspecified atom stereocenters. The summed E-state index contributed by atoms with van der Waals surface area (Å²) in [6.07, 6.45) is -4.11. The number of ether oxygens (including phenoxy) is 1. The average molecular weight is 781 g/mol. The molecular formula is C33H29BrF3N3O7S2. The number of H-pyrrole nitrogens is 1. The summed E-state index contributed by atoms with van der Waals surface area (Å²) in [4.78, 5) is 69.9. The zero-order chi connectivity index (χ0) is 35.1. The molecule has 0 spiro atoms. The van der Waals surface area contributed by atoms with Crippen molar-refractivity contribution in [2.24, 2.45) is 35.5 Å². The second kappa shape index (κ2) is 12.3. The van der Waals surface area contributed by atoms with Gasteiger partial charge in [0, 0.05) is 26.1 Å². The second-order valence-electron chi connectivity index (χ2n) is 13.1. The normalized spacial score (nSPS) is 27.6. The number of carboxylic acid groups (broad SMARTS) is 1. The molecule has 3 N–H and O–H groups in total. The Morgan fingerprint density at radius 2 is 1.80 bits per heavy atom. The third kappa shape index (κ3) is 5.59. The van der Waals surface area contributed by atoms with E-state index >= 15 is 0 Å². The van der Waals surface area contributed by atoms with E-state index in [0.29, 0.717) is 26.4 Å². The van der Waals surface area contributed by atoms with Gasteiger partial charge in [-0.2, -0.15) is 13.2 Å². The number of halogens is 4. The number of carbonyl (C=O) groups is 4. The predicted molar refractivity (Wildman–Crippen MR) is 176 cm³/mol. The number of thioether (sulfide) groups is 1. The number of anilines is 1. The lowest BCUT2D eigenvalue weighted by molar-refractivity contribution is -0.157. The number of benzene rings is 2. The Labute approximate surface area is 293 Å². The molecule has 1 aromatic heterocycles. The Kier molecular flexibility index (Phi) is 8.50. The van der Waals surface area contributed by atoms with Gasteiger partial charge in [-0.3, -0.25) is 24.1 Å². The highest BCUT2D eigenvalue weighted by Crippen LogP contribution is 2.69. The minimum Gasteiger partial charge on any atom is -0.483 e. The van der Waals surface area contributed by atoms with E-state index in [9.17, 15) is 42.3 Å². The van der Waals surface area contributed by atoms with E-state index in [1.807, 2.05) is 0 Å². The van der Waals surface area contributed by atoms with Crippen molar-refractivity contribution in [3.63, 3.8) is 0 Å². The molecule has 49 heavy (non-hydrogen) atoms. The topological polar surface area (TPSA) is 146 Å². The summed E-state index contributed by atoms with van der Waals surface area (Å²) in [5.41, 5.74) is -0.796. The van der Waals surface area contributed by atoms with Crippen LogP contribution in [0.1, 0.15) is 42.2 Å². The largest absolute Gasteiger partial charge is 0.483 e. The van der Waals surface area contributed by atoms with Crippen LogP contribution in [0.2, 0.25) is 0 Å². The molecule has 16 heteroatoms. The number of aliphatic carboxylic acids is 1. The molecule has 3 heterocycles. The van der Waals surface area contributed by atoms with Crippen LogP contribution in [-0.2, 0) is 25.4 Å². The molecule has 8 atom stereocenters. The number of para-hydroxylation sites is 1. The summed E-state index contributed by atoms with van der Waals surface area (Å²) in [6, 6.07) is 8.46. The molecular weight excluding hydrogens is 751 g/mol. The molecule has 258 valence electrons. The van der Waals surface area contributed by atoms with Gasteiger partial charge in [0.25, 0.3) is 5.91 Å². The maximum absolute atomic E-state index is 14.0. The van der Waals surface area contributed by atoms with Crippen LogP contribution < -0.4 is 14.9 Å². The highest BCUT2D eigenvalue weighted by atomic mass is 79.9. The number of hydrogen-bond acceptors (Lipinski definition) is 8. The fraction of sp³-hybridized carbons (Fsp3) is 0.424. The third-order valence-electron chi connectivity index (χ3n) is 10.1. The number of hydrogen-bond donors (Lipinski definition) is 3. The monoisotopic (exact) mass is 779 g/mol. The molecule has 0 radical (unpaired) electrons. The Morgan fingerprint density at radius 1 is 1.10 bits per heavy atom. The summed E-state index contributed by atoms with van der Waals surface area (Å²) < 4.78 is 47.2. The van der Waals surface area contributed by atoms with Crippen LogP contribution in [-0.4, -0.2) is 56.6 Å². The van der Waals surface area contributed by atoms with Crippen molar-refractivity contribution in [2.45, 2.75) is 48.7 Å². The van der Waals surface area contributed by atoms with Gasteiger partial charge in [-0.15, -0.1) is 11.8 Å². The first-order valence-corrected chi connectivity index (χ1v) is 18.0. The van der Waals surface area contributed by atoms with Gasteiger partial charge < -0.3 is 20.1 Å². The van der Waals surface area contributed by atoms with Crippen molar-refractivity contribution in [3.8, 4) is 5.75 Å². The number of aromatic nitrogens is 1. The van der Waals surface area contributed by atoms with Gasteiger partial charge in [0.1, 0.15) is 11.8 Å². The standard InChI is InChI=1S/C33H29BrF3N3O7S2/c1-12(2)25(31(44)45)40-29(42)23-15-10-16(24(23)30(40)43)26-22(15)21(27-28(48-26)39-32(46)49-27)14-9-13(34)7-8-19(14)47-11-20(41)38-18-6-4-3-5-17(18)33(35,36)37/h3-9,12,15-16,21-26H,10-11H2,1-2H3,(H,38,41)(H,39,46)(H,44,45)/t15?,16?,21-,22?,23?,24?,25?,26?/m1/s1. The van der Waals surface area contributed by atoms with Crippen molar-refractivity contribution in [1.82, 2.24) is 9.88 Å². The van der Waals surface area contributed by atoms with E-state index in [0.717, 1.165) is 28.4 Å². The SMILES string of the molecule is CC(C)C(C(=O)O)N1C(=O)C2C3CC(C2C1=O)C1C3Sc2[nH]c(=O)sc2[C@@H]1c1cc(Br)ccc1OCC(=O)Nc1ccccc1C(F)(F)F. The summed E-state index contributed by atoms with van der Waals surface area (Å²) in [5.74, 6) is -5.91. The molecule has 3 fully saturated rings. The Morgan fingerprint density at radius 3 is 2.47 bits per heavy atom. The molecule has 2 aliphatic carbocycles. The summed E-state index contributed by atoms with van der Waals surface area (Å²) >= 11 is 6.00. The van der Waals surface area contributed by atoms with Gasteiger partial charge in [-0.25, -0.2) is 4.79 Å². The Hall–Kier alpha value is -3.63. The van der Waals surface area contributed by atoms with Crippen molar-refractivity contribution >= 4 is 68.4 Å². The van der Waals surface area contributed by atoms with E-state index in [4.69, 9.17) is 4.74 Å². The van der Waals surface area contributed by atoms with Crippen molar-refractivity contribution in [3.05, 3.63) is 72.6 Å². The third-order valence-corrected chi connectivity index (χ3v) is 13.2. The number of imide groups is 1. The first-order valence-electron chi connectivity index (χ1n) is 15.5. The fourth-order valence-corrected chi connectivity index (χ4v) is 11.7. The van der Waals surface area contributed by atoms with Gasteiger partial charge in [0.05, 0.1) is 28.1 Å². The molecule has 3 aromatic rings. The number of carbonyl (C=O) groups excluding carboxylic acids is 3. The molecule has 2 saturated carbocycles. The maximum atomic E-state index is 14.0. The average Bonchev–Trinajstić information content (AvgIpc) is 3.76. The van der Waals surface area contributed by atoms with E-state index in [2.05, 4.69) is 26.2 Å². The number of alkyl halides is 3. The number of thiazole rings is 1. The highest BCUT2D eigenvalue weighted by Gasteiger charge is 2.70. The zero-order valence-corrected chi connectivity index (χ0v) is 29.0. The first-order chi connectivity index (χ1) is 23.2. The summed E-state index contributed by atoms with van der Waals surface area (Å²) in [5, 5.41) is 12.7. The van der Waals surface area contributed by atoms with Crippen LogP contribution in [0.5, 0.6) is 5.75 Å². The van der Waals surface area contributed by atoms with E-state index in [-0.39, 0.29) is 33.6 Å². The number of rotatable bonds is 8. The van der Waals surface area contributed by atoms with Gasteiger partial charge >= 0.3 is 17.0 Å². The number of amides is 3. The van der Waals surface area contributed by atoms with E-state index in [1.54, 1.807) is 32.0 Å². The van der Waals surface area contributed by atoms with Crippen LogP contribution in [0.3, 0.4) is 0 Å². The number of carboxylic acids is 1.